The largest absolute Gasteiger partial charge is 0.459 e. The first kappa shape index (κ1) is 19.7. The van der Waals surface area contributed by atoms with E-state index in [4.69, 9.17) is 4.42 Å². The van der Waals surface area contributed by atoms with Gasteiger partial charge in [0, 0.05) is 43.0 Å². The molecule has 7 heteroatoms. The number of benzene rings is 1. The van der Waals surface area contributed by atoms with E-state index in [9.17, 15) is 9.18 Å². The van der Waals surface area contributed by atoms with E-state index in [0.717, 1.165) is 49.1 Å². The van der Waals surface area contributed by atoms with E-state index in [1.54, 1.807) is 13.1 Å². The van der Waals surface area contributed by atoms with Gasteiger partial charge in [-0.25, -0.2) is 4.39 Å². The normalized spacial score (nSPS) is 20.6. The maximum Gasteiger partial charge on any atom is 0.225 e. The average molecular weight is 400 g/mol. The molecule has 2 heterocycles. The molecule has 1 saturated carbocycles. The summed E-state index contributed by atoms with van der Waals surface area (Å²) in [5.74, 6) is 1.72. The van der Waals surface area contributed by atoms with Crippen molar-refractivity contribution >= 4 is 22.8 Å². The number of hydrogen-bond donors (Lipinski definition) is 2. The molecular weight excluding hydrogens is 371 g/mol. The number of nitrogens with zero attached hydrogens (tertiary/aromatic N) is 2. The standard InChI is InChI=1S/C22H29FN4O2/c1-14-18-11-16(23)7-8-19(18)29-20(14)12-25-22(24-2)26-17-9-10-27(13-17)21(28)15-5-3-4-6-15/h7-8,11,15,17H,3-6,9-10,12-13H2,1-2H3,(H2,24,25,26). The van der Waals surface area contributed by atoms with E-state index < -0.39 is 0 Å². The molecule has 1 aliphatic carbocycles. The molecule has 1 atom stereocenters. The Balaban J connectivity index is 1.32. The molecule has 2 fully saturated rings. The number of carbonyl (C=O) groups excluding carboxylic acids is 1. The monoisotopic (exact) mass is 400 g/mol. The summed E-state index contributed by atoms with van der Waals surface area (Å²) in [6, 6.07) is 4.75. The smallest absolute Gasteiger partial charge is 0.225 e. The fourth-order valence-corrected chi connectivity index (χ4v) is 4.47. The van der Waals surface area contributed by atoms with Crippen molar-refractivity contribution in [2.75, 3.05) is 20.1 Å². The number of halogens is 1. The minimum Gasteiger partial charge on any atom is -0.459 e. The minimum absolute atomic E-state index is 0.192. The third-order valence-corrected chi connectivity index (χ3v) is 6.18. The fraction of sp³-hybridized carbons (Fsp3) is 0.545. The number of fused-ring (bicyclic) bond motifs is 1. The van der Waals surface area contributed by atoms with Crippen molar-refractivity contribution in [3.05, 3.63) is 35.3 Å². The lowest BCUT2D eigenvalue weighted by Gasteiger charge is -2.21. The van der Waals surface area contributed by atoms with Gasteiger partial charge in [0.05, 0.1) is 6.54 Å². The second-order valence-corrected chi connectivity index (χ2v) is 8.11. The lowest BCUT2D eigenvalue weighted by atomic mass is 10.1. The van der Waals surface area contributed by atoms with Crippen LogP contribution in [-0.4, -0.2) is 42.9 Å². The number of amides is 1. The summed E-state index contributed by atoms with van der Waals surface area (Å²) in [7, 11) is 1.73. The van der Waals surface area contributed by atoms with Gasteiger partial charge in [-0.05, 0) is 44.4 Å². The molecule has 1 aromatic heterocycles. The Hall–Kier alpha value is -2.57. The molecule has 156 valence electrons. The molecule has 2 aliphatic rings. The third kappa shape index (κ3) is 4.23. The number of carbonyl (C=O) groups is 1. The molecule has 0 spiro atoms. The number of hydrogen-bond acceptors (Lipinski definition) is 3. The highest BCUT2D eigenvalue weighted by atomic mass is 19.1. The molecule has 0 radical (unpaired) electrons. The third-order valence-electron chi connectivity index (χ3n) is 6.18. The van der Waals surface area contributed by atoms with E-state index >= 15 is 0 Å². The van der Waals surface area contributed by atoms with Gasteiger partial charge < -0.3 is 20.0 Å². The van der Waals surface area contributed by atoms with Crippen LogP contribution in [0.3, 0.4) is 0 Å². The van der Waals surface area contributed by atoms with Crippen molar-refractivity contribution in [2.45, 2.75) is 51.6 Å². The predicted molar refractivity (Wildman–Crippen MR) is 111 cm³/mol. The number of aliphatic imine (C=N–C) groups is 1. The molecule has 1 aliphatic heterocycles. The van der Waals surface area contributed by atoms with Crippen LogP contribution in [-0.2, 0) is 11.3 Å². The van der Waals surface area contributed by atoms with Crippen LogP contribution in [0.5, 0.6) is 0 Å². The highest BCUT2D eigenvalue weighted by molar-refractivity contribution is 5.83. The molecule has 4 rings (SSSR count). The Labute approximate surface area is 170 Å². The molecule has 6 nitrogen and oxygen atoms in total. The quantitative estimate of drug-likeness (QED) is 0.610. The SMILES string of the molecule is CN=C(NCc1oc2ccc(F)cc2c1C)NC1CCN(C(=O)C2CCCC2)C1. The summed E-state index contributed by atoms with van der Waals surface area (Å²) in [5, 5.41) is 7.49. The van der Waals surface area contributed by atoms with Crippen molar-refractivity contribution < 1.29 is 13.6 Å². The van der Waals surface area contributed by atoms with E-state index in [2.05, 4.69) is 15.6 Å². The van der Waals surface area contributed by atoms with Crippen LogP contribution in [0.4, 0.5) is 4.39 Å². The van der Waals surface area contributed by atoms with E-state index in [0.29, 0.717) is 24.0 Å². The number of likely N-dealkylation sites (tertiary alicyclic amines) is 1. The molecule has 1 aromatic carbocycles. The van der Waals surface area contributed by atoms with Gasteiger partial charge in [-0.3, -0.25) is 9.79 Å². The number of furan rings is 1. The number of guanidine groups is 1. The zero-order valence-electron chi connectivity index (χ0n) is 17.1. The maximum atomic E-state index is 13.5. The summed E-state index contributed by atoms with van der Waals surface area (Å²) in [4.78, 5) is 18.9. The molecule has 2 aromatic rings. The van der Waals surface area contributed by atoms with Crippen molar-refractivity contribution in [3.63, 3.8) is 0 Å². The summed E-state index contributed by atoms with van der Waals surface area (Å²) in [6.45, 7) is 3.92. The highest BCUT2D eigenvalue weighted by Crippen LogP contribution is 2.28. The molecule has 1 saturated heterocycles. The predicted octanol–water partition coefficient (Wildman–Crippen LogP) is 3.34. The summed E-state index contributed by atoms with van der Waals surface area (Å²) in [6.07, 6.45) is 5.35. The van der Waals surface area contributed by atoms with Gasteiger partial charge in [0.1, 0.15) is 17.2 Å². The van der Waals surface area contributed by atoms with E-state index in [1.165, 1.54) is 25.0 Å². The Morgan fingerprint density at radius 3 is 2.86 bits per heavy atom. The Morgan fingerprint density at radius 2 is 2.10 bits per heavy atom. The Kier molecular flexibility index (Phi) is 5.74. The highest BCUT2D eigenvalue weighted by Gasteiger charge is 2.32. The van der Waals surface area contributed by atoms with Gasteiger partial charge in [0.15, 0.2) is 5.96 Å². The first-order chi connectivity index (χ1) is 14.0. The van der Waals surface area contributed by atoms with Crippen LogP contribution >= 0.6 is 0 Å². The van der Waals surface area contributed by atoms with E-state index in [1.807, 2.05) is 11.8 Å². The van der Waals surface area contributed by atoms with Crippen LogP contribution in [0.1, 0.15) is 43.4 Å². The van der Waals surface area contributed by atoms with Crippen LogP contribution in [0.25, 0.3) is 11.0 Å². The molecule has 2 N–H and O–H groups in total. The Morgan fingerprint density at radius 1 is 1.31 bits per heavy atom. The Bertz CT molecular complexity index is 917. The van der Waals surface area contributed by atoms with Crippen LogP contribution in [0, 0.1) is 18.7 Å². The minimum atomic E-state index is -0.267. The molecule has 29 heavy (non-hydrogen) atoms. The molecule has 1 unspecified atom stereocenters. The van der Waals surface area contributed by atoms with Gasteiger partial charge in [-0.2, -0.15) is 0 Å². The van der Waals surface area contributed by atoms with Crippen molar-refractivity contribution in [2.24, 2.45) is 10.9 Å². The zero-order chi connectivity index (χ0) is 20.4. The fourth-order valence-electron chi connectivity index (χ4n) is 4.47. The zero-order valence-corrected chi connectivity index (χ0v) is 17.1. The van der Waals surface area contributed by atoms with Crippen molar-refractivity contribution in [1.82, 2.24) is 15.5 Å². The summed E-state index contributed by atoms with van der Waals surface area (Å²) in [5.41, 5.74) is 1.61. The second kappa shape index (κ2) is 8.43. The summed E-state index contributed by atoms with van der Waals surface area (Å²) >= 11 is 0. The average Bonchev–Trinajstić information content (AvgIpc) is 3.46. The van der Waals surface area contributed by atoms with Crippen LogP contribution in [0.2, 0.25) is 0 Å². The second-order valence-electron chi connectivity index (χ2n) is 8.11. The van der Waals surface area contributed by atoms with E-state index in [-0.39, 0.29) is 17.8 Å². The number of rotatable bonds is 4. The van der Waals surface area contributed by atoms with Gasteiger partial charge in [0.25, 0.3) is 0 Å². The van der Waals surface area contributed by atoms with Crippen LogP contribution in [0.15, 0.2) is 27.6 Å². The number of nitrogens with one attached hydrogen (secondary N) is 2. The molecule has 1 amide bonds. The number of aryl methyl sites for hydroxylation is 1. The molecular formula is C22H29FN4O2. The lowest BCUT2D eigenvalue weighted by Crippen LogP contribution is -2.45. The maximum absolute atomic E-state index is 13.5. The van der Waals surface area contributed by atoms with Crippen molar-refractivity contribution in [3.8, 4) is 0 Å². The van der Waals surface area contributed by atoms with Gasteiger partial charge in [-0.15, -0.1) is 0 Å². The summed E-state index contributed by atoms with van der Waals surface area (Å²) < 4.78 is 19.4. The topological polar surface area (TPSA) is 69.9 Å². The molecule has 0 bridgehead atoms. The van der Waals surface area contributed by atoms with Gasteiger partial charge >= 0.3 is 0 Å². The first-order valence-corrected chi connectivity index (χ1v) is 10.5. The lowest BCUT2D eigenvalue weighted by molar-refractivity contribution is -0.134. The van der Waals surface area contributed by atoms with Crippen LogP contribution < -0.4 is 10.6 Å². The van der Waals surface area contributed by atoms with Crippen molar-refractivity contribution in [1.29, 1.82) is 0 Å². The van der Waals surface area contributed by atoms with Gasteiger partial charge in [0.2, 0.25) is 5.91 Å². The van der Waals surface area contributed by atoms with Gasteiger partial charge in [-0.1, -0.05) is 12.8 Å². The first-order valence-electron chi connectivity index (χ1n) is 10.5.